The second-order valence-corrected chi connectivity index (χ2v) is 5.93. The van der Waals surface area contributed by atoms with Gasteiger partial charge in [-0.15, -0.1) is 0 Å². The van der Waals surface area contributed by atoms with E-state index >= 15 is 0 Å². The first kappa shape index (κ1) is 15.7. The molecule has 0 bridgehead atoms. The number of rotatable bonds is 5. The lowest BCUT2D eigenvalue weighted by atomic mass is 9.91. The van der Waals surface area contributed by atoms with Crippen LogP contribution in [0.25, 0.3) is 0 Å². The molecule has 2 heteroatoms. The fourth-order valence-electron chi connectivity index (χ4n) is 2.68. The van der Waals surface area contributed by atoms with E-state index in [9.17, 15) is 5.26 Å². The predicted molar refractivity (Wildman–Crippen MR) is 81.3 cm³/mol. The molecule has 0 aromatic heterocycles. The largest absolute Gasteiger partial charge is 0.321 e. The molecule has 1 rings (SSSR count). The smallest absolute Gasteiger partial charge is 0.0664 e. The minimum absolute atomic E-state index is 0.0658. The normalized spacial score (nSPS) is 28.1. The Balaban J connectivity index is 2.49. The van der Waals surface area contributed by atoms with Crippen LogP contribution in [0.2, 0.25) is 0 Å². The summed E-state index contributed by atoms with van der Waals surface area (Å²) in [4.78, 5) is 0. The van der Waals surface area contributed by atoms with E-state index in [1.807, 2.05) is 19.9 Å². The lowest BCUT2D eigenvalue weighted by molar-refractivity contribution is 0.465. The Labute approximate surface area is 117 Å². The Morgan fingerprint density at radius 2 is 2.16 bits per heavy atom. The van der Waals surface area contributed by atoms with Crippen LogP contribution in [0.3, 0.4) is 0 Å². The van der Waals surface area contributed by atoms with Crippen molar-refractivity contribution in [3.8, 4) is 6.07 Å². The van der Waals surface area contributed by atoms with Crippen molar-refractivity contribution in [2.24, 2.45) is 23.5 Å². The van der Waals surface area contributed by atoms with Gasteiger partial charge >= 0.3 is 0 Å². The molecule has 4 atom stereocenters. The molecule has 0 aliphatic heterocycles. The lowest BCUT2D eigenvalue weighted by Gasteiger charge is -2.12. The summed E-state index contributed by atoms with van der Waals surface area (Å²) in [6.45, 7) is 10.3. The van der Waals surface area contributed by atoms with Gasteiger partial charge in [-0.2, -0.15) is 5.26 Å². The van der Waals surface area contributed by atoms with Crippen molar-refractivity contribution in [1.82, 2.24) is 0 Å². The summed E-state index contributed by atoms with van der Waals surface area (Å²) in [5.74, 6) is 1.11. The van der Waals surface area contributed by atoms with Crippen LogP contribution in [0.5, 0.6) is 0 Å². The molecule has 1 aliphatic carbocycles. The minimum Gasteiger partial charge on any atom is -0.321 e. The molecular formula is C17H26N2. The molecular weight excluding hydrogens is 232 g/mol. The number of allylic oxidation sites excluding steroid dienone is 3. The van der Waals surface area contributed by atoms with Gasteiger partial charge in [-0.3, -0.25) is 0 Å². The Bertz CT molecular complexity index is 407. The highest BCUT2D eigenvalue weighted by Crippen LogP contribution is 2.37. The van der Waals surface area contributed by atoms with Crippen LogP contribution in [-0.4, -0.2) is 6.04 Å². The molecule has 0 heterocycles. The van der Waals surface area contributed by atoms with Crippen LogP contribution in [0, 0.1) is 29.1 Å². The van der Waals surface area contributed by atoms with Gasteiger partial charge in [0, 0.05) is 6.04 Å². The van der Waals surface area contributed by atoms with Crippen molar-refractivity contribution < 1.29 is 0 Å². The maximum Gasteiger partial charge on any atom is 0.0664 e. The Morgan fingerprint density at radius 3 is 2.74 bits per heavy atom. The lowest BCUT2D eigenvalue weighted by Crippen LogP contribution is -2.19. The highest BCUT2D eigenvalue weighted by Gasteiger charge is 2.31. The molecule has 0 spiro atoms. The van der Waals surface area contributed by atoms with Gasteiger partial charge < -0.3 is 5.73 Å². The van der Waals surface area contributed by atoms with E-state index in [1.165, 1.54) is 5.57 Å². The van der Waals surface area contributed by atoms with Crippen molar-refractivity contribution in [1.29, 1.82) is 5.26 Å². The summed E-state index contributed by atoms with van der Waals surface area (Å²) in [5, 5.41) is 9.17. The summed E-state index contributed by atoms with van der Waals surface area (Å²) >= 11 is 0. The summed E-state index contributed by atoms with van der Waals surface area (Å²) in [6, 6.07) is 2.38. The van der Waals surface area contributed by atoms with Crippen LogP contribution < -0.4 is 5.73 Å². The fraction of sp³-hybridized carbons (Fsp3) is 0.588. The molecule has 104 valence electrons. The first-order valence-electron chi connectivity index (χ1n) is 7.10. The molecule has 1 saturated carbocycles. The van der Waals surface area contributed by atoms with Gasteiger partial charge in [0.15, 0.2) is 0 Å². The van der Waals surface area contributed by atoms with Crippen molar-refractivity contribution in [3.05, 3.63) is 36.0 Å². The van der Waals surface area contributed by atoms with Gasteiger partial charge in [0.2, 0.25) is 0 Å². The SMILES string of the molecule is C=C(CC=C[C@H]1CC[C@H](C)[C@@H]1C#N)[C@@H](N)C=C(C)C. The summed E-state index contributed by atoms with van der Waals surface area (Å²) in [6.07, 6.45) is 9.44. The minimum atomic E-state index is -0.0658. The molecule has 1 aliphatic rings. The third-order valence-corrected chi connectivity index (χ3v) is 3.93. The predicted octanol–water partition coefficient (Wildman–Crippen LogP) is 3.97. The van der Waals surface area contributed by atoms with E-state index in [0.29, 0.717) is 11.8 Å². The van der Waals surface area contributed by atoms with Crippen molar-refractivity contribution in [3.63, 3.8) is 0 Å². The van der Waals surface area contributed by atoms with Crippen LogP contribution in [0.4, 0.5) is 0 Å². The van der Waals surface area contributed by atoms with E-state index in [0.717, 1.165) is 24.8 Å². The average Bonchev–Trinajstić information content (AvgIpc) is 2.68. The highest BCUT2D eigenvalue weighted by molar-refractivity contribution is 5.19. The quantitative estimate of drug-likeness (QED) is 0.759. The first-order chi connectivity index (χ1) is 8.95. The zero-order chi connectivity index (χ0) is 14.4. The number of nitriles is 1. The second-order valence-electron chi connectivity index (χ2n) is 5.93. The number of hydrogen-bond donors (Lipinski definition) is 1. The molecule has 0 unspecified atom stereocenters. The average molecular weight is 258 g/mol. The maximum atomic E-state index is 9.17. The summed E-state index contributed by atoms with van der Waals surface area (Å²) < 4.78 is 0. The van der Waals surface area contributed by atoms with E-state index < -0.39 is 0 Å². The molecule has 0 saturated heterocycles. The molecule has 19 heavy (non-hydrogen) atoms. The Morgan fingerprint density at radius 1 is 1.47 bits per heavy atom. The molecule has 2 nitrogen and oxygen atoms in total. The van der Waals surface area contributed by atoms with Crippen LogP contribution in [-0.2, 0) is 0 Å². The molecule has 0 aromatic carbocycles. The number of nitrogens with zero attached hydrogens (tertiary/aromatic N) is 1. The summed E-state index contributed by atoms with van der Waals surface area (Å²) in [5.41, 5.74) is 8.27. The number of nitrogens with two attached hydrogens (primary N) is 1. The van der Waals surface area contributed by atoms with Gasteiger partial charge in [-0.25, -0.2) is 0 Å². The van der Waals surface area contributed by atoms with Crippen LogP contribution in [0.1, 0.15) is 40.0 Å². The first-order valence-corrected chi connectivity index (χ1v) is 7.10. The Kier molecular flexibility index (Phi) is 6.05. The van der Waals surface area contributed by atoms with E-state index in [2.05, 4.69) is 31.7 Å². The third-order valence-electron chi connectivity index (χ3n) is 3.93. The second kappa shape index (κ2) is 7.31. The molecule has 1 fully saturated rings. The van der Waals surface area contributed by atoms with Crippen molar-refractivity contribution >= 4 is 0 Å². The topological polar surface area (TPSA) is 49.8 Å². The van der Waals surface area contributed by atoms with E-state index in [1.54, 1.807) is 0 Å². The van der Waals surface area contributed by atoms with Gasteiger partial charge in [-0.1, -0.05) is 42.9 Å². The third kappa shape index (κ3) is 4.69. The molecule has 2 N–H and O–H groups in total. The monoisotopic (exact) mass is 258 g/mol. The van der Waals surface area contributed by atoms with E-state index in [-0.39, 0.29) is 12.0 Å². The highest BCUT2D eigenvalue weighted by atomic mass is 14.6. The van der Waals surface area contributed by atoms with E-state index in [4.69, 9.17) is 5.73 Å². The van der Waals surface area contributed by atoms with Crippen LogP contribution in [0.15, 0.2) is 36.0 Å². The molecule has 0 radical (unpaired) electrons. The fourth-order valence-corrected chi connectivity index (χ4v) is 2.68. The zero-order valence-electron chi connectivity index (χ0n) is 12.4. The summed E-state index contributed by atoms with van der Waals surface area (Å²) in [7, 11) is 0. The maximum absolute atomic E-state index is 9.17. The van der Waals surface area contributed by atoms with Crippen LogP contribution >= 0.6 is 0 Å². The molecule has 0 aromatic rings. The Hall–Kier alpha value is -1.33. The van der Waals surface area contributed by atoms with Gasteiger partial charge in [0.1, 0.15) is 0 Å². The van der Waals surface area contributed by atoms with Gasteiger partial charge in [-0.05, 0) is 44.9 Å². The zero-order valence-corrected chi connectivity index (χ0v) is 12.4. The van der Waals surface area contributed by atoms with Crippen molar-refractivity contribution in [2.45, 2.75) is 46.1 Å². The standard InChI is InChI=1S/C17H26N2/c1-12(2)10-17(19)14(4)6-5-7-15-9-8-13(3)16(15)11-18/h5,7,10,13,15-17H,4,6,8-9,19H2,1-3H3/t13-,15-,16-,17-/m0/s1. The number of hydrogen-bond acceptors (Lipinski definition) is 2. The van der Waals surface area contributed by atoms with Crippen molar-refractivity contribution in [2.75, 3.05) is 0 Å². The molecule has 0 amide bonds. The van der Waals surface area contributed by atoms with Gasteiger partial charge in [0.25, 0.3) is 0 Å². The van der Waals surface area contributed by atoms with Gasteiger partial charge in [0.05, 0.1) is 12.0 Å².